The van der Waals surface area contributed by atoms with Crippen molar-refractivity contribution in [3.05, 3.63) is 63.7 Å². The molecule has 0 aliphatic heterocycles. The standard InChI is InChI=1S/C14H11N3O5S/c15-8-10-2-1-3-11(6-10)9-22-14-5-4-12(23(16,20)21)7-13(14)17(18)19/h1-7H,9H2,(H2,16,20,21). The summed E-state index contributed by atoms with van der Waals surface area (Å²) in [6, 6.07) is 11.7. The predicted octanol–water partition coefficient (Wildman–Crippen LogP) is 1.69. The summed E-state index contributed by atoms with van der Waals surface area (Å²) in [5, 5.41) is 24.8. The predicted molar refractivity (Wildman–Crippen MR) is 80.0 cm³/mol. The van der Waals surface area contributed by atoms with Crippen LogP contribution in [0.25, 0.3) is 0 Å². The Morgan fingerprint density at radius 2 is 2.00 bits per heavy atom. The van der Waals surface area contributed by atoms with Crippen LogP contribution < -0.4 is 9.88 Å². The zero-order valence-corrected chi connectivity index (χ0v) is 12.5. The number of nitrogens with two attached hydrogens (primary N) is 1. The van der Waals surface area contributed by atoms with Crippen LogP contribution >= 0.6 is 0 Å². The molecule has 23 heavy (non-hydrogen) atoms. The van der Waals surface area contributed by atoms with Gasteiger partial charge in [-0.05, 0) is 29.8 Å². The first-order valence-electron chi connectivity index (χ1n) is 6.24. The van der Waals surface area contributed by atoms with E-state index in [4.69, 9.17) is 15.1 Å². The maximum absolute atomic E-state index is 11.3. The molecule has 0 amide bonds. The molecule has 0 bridgehead atoms. The highest BCUT2D eigenvalue weighted by Crippen LogP contribution is 2.30. The Kier molecular flexibility index (Phi) is 4.59. The molecule has 0 fully saturated rings. The topological polar surface area (TPSA) is 136 Å². The third-order valence-electron chi connectivity index (χ3n) is 2.91. The van der Waals surface area contributed by atoms with Gasteiger partial charge < -0.3 is 4.74 Å². The van der Waals surface area contributed by atoms with Gasteiger partial charge in [-0.3, -0.25) is 10.1 Å². The second-order valence-corrected chi connectivity index (χ2v) is 6.09. The second kappa shape index (κ2) is 6.43. The summed E-state index contributed by atoms with van der Waals surface area (Å²) in [5.41, 5.74) is 0.576. The third-order valence-corrected chi connectivity index (χ3v) is 3.82. The number of nitriles is 1. The molecule has 0 heterocycles. The first-order valence-corrected chi connectivity index (χ1v) is 7.79. The lowest BCUT2D eigenvalue weighted by Gasteiger charge is -2.08. The molecule has 2 N–H and O–H groups in total. The smallest absolute Gasteiger partial charge is 0.312 e. The molecule has 0 radical (unpaired) electrons. The fraction of sp³-hybridized carbons (Fsp3) is 0.0714. The third kappa shape index (κ3) is 4.03. The van der Waals surface area contributed by atoms with Crippen molar-refractivity contribution >= 4 is 15.7 Å². The van der Waals surface area contributed by atoms with Crippen LogP contribution in [-0.4, -0.2) is 13.3 Å². The Balaban J connectivity index is 2.29. The molecule has 0 atom stereocenters. The van der Waals surface area contributed by atoms with Gasteiger partial charge in [0.2, 0.25) is 10.0 Å². The van der Waals surface area contributed by atoms with Crippen molar-refractivity contribution in [1.29, 1.82) is 5.26 Å². The van der Waals surface area contributed by atoms with Crippen LogP contribution in [0.1, 0.15) is 11.1 Å². The van der Waals surface area contributed by atoms with E-state index >= 15 is 0 Å². The number of nitro benzene ring substituents is 1. The monoisotopic (exact) mass is 333 g/mol. The normalized spacial score (nSPS) is 10.8. The van der Waals surface area contributed by atoms with Gasteiger partial charge in [-0.25, -0.2) is 13.6 Å². The van der Waals surface area contributed by atoms with Crippen molar-refractivity contribution in [2.24, 2.45) is 5.14 Å². The van der Waals surface area contributed by atoms with Crippen molar-refractivity contribution in [3.63, 3.8) is 0 Å². The molecule has 0 saturated heterocycles. The summed E-state index contributed by atoms with van der Waals surface area (Å²) in [6.07, 6.45) is 0. The van der Waals surface area contributed by atoms with Crippen LogP contribution in [0.5, 0.6) is 5.75 Å². The summed E-state index contributed by atoms with van der Waals surface area (Å²) >= 11 is 0. The van der Waals surface area contributed by atoms with E-state index in [0.29, 0.717) is 11.1 Å². The largest absolute Gasteiger partial charge is 0.482 e. The van der Waals surface area contributed by atoms with Crippen LogP contribution in [0.4, 0.5) is 5.69 Å². The van der Waals surface area contributed by atoms with E-state index in [2.05, 4.69) is 0 Å². The average molecular weight is 333 g/mol. The number of hydrogen-bond donors (Lipinski definition) is 1. The van der Waals surface area contributed by atoms with E-state index in [0.717, 1.165) is 12.1 Å². The molecule has 0 aromatic heterocycles. The Morgan fingerprint density at radius 3 is 2.61 bits per heavy atom. The fourth-order valence-electron chi connectivity index (χ4n) is 1.83. The first kappa shape index (κ1) is 16.4. The summed E-state index contributed by atoms with van der Waals surface area (Å²) in [5.74, 6) is -0.0928. The van der Waals surface area contributed by atoms with Gasteiger partial charge in [0.1, 0.15) is 6.61 Å². The Morgan fingerprint density at radius 1 is 1.26 bits per heavy atom. The quantitative estimate of drug-likeness (QED) is 0.653. The van der Waals surface area contributed by atoms with E-state index < -0.39 is 20.6 Å². The molecule has 0 spiro atoms. The van der Waals surface area contributed by atoms with Crippen molar-refractivity contribution in [2.75, 3.05) is 0 Å². The number of ether oxygens (including phenoxy) is 1. The number of primary sulfonamides is 1. The van der Waals surface area contributed by atoms with Gasteiger partial charge in [-0.15, -0.1) is 0 Å². The van der Waals surface area contributed by atoms with Crippen LogP contribution in [0.2, 0.25) is 0 Å². The number of benzene rings is 2. The van der Waals surface area contributed by atoms with Gasteiger partial charge in [-0.1, -0.05) is 12.1 Å². The van der Waals surface area contributed by atoms with Gasteiger partial charge in [0.05, 0.1) is 21.5 Å². The van der Waals surface area contributed by atoms with Gasteiger partial charge in [0.15, 0.2) is 5.75 Å². The number of nitro groups is 1. The lowest BCUT2D eigenvalue weighted by atomic mass is 10.1. The Hall–Kier alpha value is -2.96. The van der Waals surface area contributed by atoms with Crippen LogP contribution in [0, 0.1) is 21.4 Å². The van der Waals surface area contributed by atoms with Gasteiger partial charge >= 0.3 is 5.69 Å². The highest BCUT2D eigenvalue weighted by atomic mass is 32.2. The minimum absolute atomic E-state index is 0.00885. The number of rotatable bonds is 5. The molecule has 9 heteroatoms. The Labute approximate surface area is 131 Å². The van der Waals surface area contributed by atoms with Crippen LogP contribution in [-0.2, 0) is 16.6 Å². The second-order valence-electron chi connectivity index (χ2n) is 4.53. The number of sulfonamides is 1. The SMILES string of the molecule is N#Cc1cccc(COc2ccc(S(N)(=O)=O)cc2[N+](=O)[O-])c1. The maximum Gasteiger partial charge on any atom is 0.312 e. The highest BCUT2D eigenvalue weighted by Gasteiger charge is 2.20. The van der Waals surface area contributed by atoms with Gasteiger partial charge in [0.25, 0.3) is 0 Å². The zero-order chi connectivity index (χ0) is 17.0. The summed E-state index contributed by atoms with van der Waals surface area (Å²) in [7, 11) is -4.05. The molecule has 2 aromatic carbocycles. The maximum atomic E-state index is 11.3. The number of nitrogens with zero attached hydrogens (tertiary/aromatic N) is 2. The van der Waals surface area contributed by atoms with Crippen molar-refractivity contribution in [1.82, 2.24) is 0 Å². The van der Waals surface area contributed by atoms with E-state index in [1.54, 1.807) is 24.3 Å². The number of hydrogen-bond acceptors (Lipinski definition) is 6. The Bertz CT molecular complexity index is 903. The molecule has 0 unspecified atom stereocenters. The van der Waals surface area contributed by atoms with E-state index in [1.165, 1.54) is 6.07 Å². The van der Waals surface area contributed by atoms with E-state index in [-0.39, 0.29) is 17.3 Å². The average Bonchev–Trinajstić information content (AvgIpc) is 2.52. The van der Waals surface area contributed by atoms with Crippen molar-refractivity contribution in [3.8, 4) is 11.8 Å². The van der Waals surface area contributed by atoms with Gasteiger partial charge in [-0.2, -0.15) is 5.26 Å². The first-order chi connectivity index (χ1) is 10.8. The minimum Gasteiger partial charge on any atom is -0.482 e. The molecular weight excluding hydrogens is 322 g/mol. The van der Waals surface area contributed by atoms with Gasteiger partial charge in [0, 0.05) is 6.07 Å². The molecule has 0 aliphatic rings. The molecule has 2 rings (SSSR count). The van der Waals surface area contributed by atoms with E-state index in [9.17, 15) is 18.5 Å². The molecule has 0 aliphatic carbocycles. The summed E-state index contributed by atoms with van der Waals surface area (Å²) < 4.78 is 27.9. The lowest BCUT2D eigenvalue weighted by Crippen LogP contribution is -2.12. The molecule has 2 aromatic rings. The van der Waals surface area contributed by atoms with E-state index in [1.807, 2.05) is 6.07 Å². The van der Waals surface area contributed by atoms with Crippen LogP contribution in [0.3, 0.4) is 0 Å². The lowest BCUT2D eigenvalue weighted by molar-refractivity contribution is -0.386. The van der Waals surface area contributed by atoms with Crippen LogP contribution in [0.15, 0.2) is 47.4 Å². The van der Waals surface area contributed by atoms with Crippen molar-refractivity contribution < 1.29 is 18.1 Å². The zero-order valence-electron chi connectivity index (χ0n) is 11.7. The summed E-state index contributed by atoms with van der Waals surface area (Å²) in [6.45, 7) is -0.00885. The molecule has 118 valence electrons. The summed E-state index contributed by atoms with van der Waals surface area (Å²) in [4.78, 5) is 9.93. The van der Waals surface area contributed by atoms with Crippen molar-refractivity contribution in [2.45, 2.75) is 11.5 Å². The highest BCUT2D eigenvalue weighted by molar-refractivity contribution is 7.89. The minimum atomic E-state index is -4.05. The fourth-order valence-corrected chi connectivity index (χ4v) is 2.36. The molecule has 8 nitrogen and oxygen atoms in total. The molecular formula is C14H11N3O5S. The molecule has 0 saturated carbocycles.